The van der Waals surface area contributed by atoms with Crippen LogP contribution in [0.5, 0.6) is 0 Å². The minimum atomic E-state index is 0.219. The molecular formula is C16H31N3O. The molecular weight excluding hydrogens is 250 g/mol. The summed E-state index contributed by atoms with van der Waals surface area (Å²) in [5, 5.41) is 6.68. The molecule has 1 unspecified atom stereocenters. The number of carbonyl (C=O) groups excluding carboxylic acids is 1. The van der Waals surface area contributed by atoms with E-state index in [-0.39, 0.29) is 5.91 Å². The molecule has 0 spiro atoms. The van der Waals surface area contributed by atoms with Crippen LogP contribution < -0.4 is 10.6 Å². The van der Waals surface area contributed by atoms with Crippen LogP contribution in [0.1, 0.15) is 57.8 Å². The Morgan fingerprint density at radius 2 is 1.80 bits per heavy atom. The van der Waals surface area contributed by atoms with Crippen molar-refractivity contribution in [3.05, 3.63) is 0 Å². The first-order valence-corrected chi connectivity index (χ1v) is 8.46. The van der Waals surface area contributed by atoms with Gasteiger partial charge in [0.25, 0.3) is 0 Å². The first-order valence-electron chi connectivity index (χ1n) is 8.46. The number of likely N-dealkylation sites (N-methyl/N-ethyl adjacent to an activating group) is 1. The molecule has 0 aromatic heterocycles. The maximum Gasteiger partial charge on any atom is 0.234 e. The maximum atomic E-state index is 12.2. The summed E-state index contributed by atoms with van der Waals surface area (Å²) in [5.41, 5.74) is 0. The SMILES string of the molecule is CN(CC(=O)NC1CCCCCC1)C1CCCNCC1. The van der Waals surface area contributed by atoms with Gasteiger partial charge in [-0.3, -0.25) is 9.69 Å². The van der Waals surface area contributed by atoms with Gasteiger partial charge in [-0.15, -0.1) is 0 Å². The molecule has 0 bridgehead atoms. The van der Waals surface area contributed by atoms with Crippen molar-refractivity contribution in [2.24, 2.45) is 0 Å². The number of hydrogen-bond acceptors (Lipinski definition) is 3. The van der Waals surface area contributed by atoms with Crippen molar-refractivity contribution >= 4 is 5.91 Å². The highest BCUT2D eigenvalue weighted by Crippen LogP contribution is 2.17. The highest BCUT2D eigenvalue weighted by atomic mass is 16.2. The van der Waals surface area contributed by atoms with Crippen molar-refractivity contribution in [1.29, 1.82) is 0 Å². The first-order chi connectivity index (χ1) is 9.75. The van der Waals surface area contributed by atoms with E-state index in [4.69, 9.17) is 0 Å². The van der Waals surface area contributed by atoms with Crippen LogP contribution in [0.2, 0.25) is 0 Å². The van der Waals surface area contributed by atoms with E-state index in [9.17, 15) is 4.79 Å². The van der Waals surface area contributed by atoms with E-state index in [1.165, 1.54) is 51.4 Å². The number of hydrogen-bond donors (Lipinski definition) is 2. The van der Waals surface area contributed by atoms with E-state index in [2.05, 4.69) is 22.6 Å². The molecule has 2 N–H and O–H groups in total. The number of nitrogens with zero attached hydrogens (tertiary/aromatic N) is 1. The quantitative estimate of drug-likeness (QED) is 0.774. The normalized spacial score (nSPS) is 26.0. The highest BCUT2D eigenvalue weighted by Gasteiger charge is 2.20. The lowest BCUT2D eigenvalue weighted by atomic mass is 10.1. The lowest BCUT2D eigenvalue weighted by Gasteiger charge is -2.27. The molecule has 1 aliphatic carbocycles. The third-order valence-corrected chi connectivity index (χ3v) is 4.78. The minimum Gasteiger partial charge on any atom is -0.352 e. The van der Waals surface area contributed by atoms with E-state index >= 15 is 0 Å². The maximum absolute atomic E-state index is 12.2. The van der Waals surface area contributed by atoms with E-state index in [0.717, 1.165) is 19.5 Å². The highest BCUT2D eigenvalue weighted by molar-refractivity contribution is 5.78. The van der Waals surface area contributed by atoms with Crippen molar-refractivity contribution < 1.29 is 4.79 Å². The van der Waals surface area contributed by atoms with Gasteiger partial charge in [0.05, 0.1) is 6.54 Å². The number of rotatable bonds is 4. The second kappa shape index (κ2) is 8.63. The Hall–Kier alpha value is -0.610. The Bertz CT molecular complexity index is 279. The molecule has 0 radical (unpaired) electrons. The van der Waals surface area contributed by atoms with Crippen molar-refractivity contribution in [2.45, 2.75) is 69.9 Å². The van der Waals surface area contributed by atoms with Gasteiger partial charge in [0, 0.05) is 12.1 Å². The smallest absolute Gasteiger partial charge is 0.234 e. The Morgan fingerprint density at radius 1 is 1.05 bits per heavy atom. The second-order valence-corrected chi connectivity index (χ2v) is 6.51. The molecule has 4 nitrogen and oxygen atoms in total. The molecule has 116 valence electrons. The molecule has 2 rings (SSSR count). The fourth-order valence-corrected chi connectivity index (χ4v) is 3.49. The van der Waals surface area contributed by atoms with Crippen LogP contribution in [0.3, 0.4) is 0 Å². The molecule has 2 aliphatic rings. The topological polar surface area (TPSA) is 44.4 Å². The van der Waals surface area contributed by atoms with Gasteiger partial charge in [-0.1, -0.05) is 25.7 Å². The molecule has 1 heterocycles. The Balaban J connectivity index is 1.71. The van der Waals surface area contributed by atoms with Crippen LogP contribution in [0.25, 0.3) is 0 Å². The molecule has 20 heavy (non-hydrogen) atoms. The van der Waals surface area contributed by atoms with Crippen LogP contribution in [0.15, 0.2) is 0 Å². The lowest BCUT2D eigenvalue weighted by molar-refractivity contribution is -0.123. The molecule has 1 atom stereocenters. The molecule has 1 amide bonds. The standard InChI is InChI=1S/C16H31N3O/c1-19(15-9-6-11-17-12-10-15)13-16(20)18-14-7-4-2-3-5-8-14/h14-15,17H,2-13H2,1H3,(H,18,20). The van der Waals surface area contributed by atoms with Gasteiger partial charge >= 0.3 is 0 Å². The summed E-state index contributed by atoms with van der Waals surface area (Å²) < 4.78 is 0. The van der Waals surface area contributed by atoms with Crippen molar-refractivity contribution in [3.8, 4) is 0 Å². The van der Waals surface area contributed by atoms with Gasteiger partial charge in [-0.2, -0.15) is 0 Å². The van der Waals surface area contributed by atoms with Crippen LogP contribution in [-0.4, -0.2) is 49.6 Å². The third kappa shape index (κ3) is 5.41. The molecule has 2 fully saturated rings. The largest absolute Gasteiger partial charge is 0.352 e. The predicted molar refractivity (Wildman–Crippen MR) is 82.8 cm³/mol. The number of amides is 1. The van der Waals surface area contributed by atoms with Crippen LogP contribution in [-0.2, 0) is 4.79 Å². The molecule has 1 saturated carbocycles. The monoisotopic (exact) mass is 281 g/mol. The summed E-state index contributed by atoms with van der Waals surface area (Å²) in [7, 11) is 2.10. The second-order valence-electron chi connectivity index (χ2n) is 6.51. The van der Waals surface area contributed by atoms with Gasteiger partial charge in [0.15, 0.2) is 0 Å². The van der Waals surface area contributed by atoms with E-state index in [1.54, 1.807) is 0 Å². The molecule has 0 aromatic carbocycles. The molecule has 1 saturated heterocycles. The summed E-state index contributed by atoms with van der Waals surface area (Å²) in [4.78, 5) is 14.4. The van der Waals surface area contributed by atoms with E-state index in [1.807, 2.05) is 0 Å². The summed E-state index contributed by atoms with van der Waals surface area (Å²) in [6.45, 7) is 2.76. The minimum absolute atomic E-state index is 0.219. The van der Waals surface area contributed by atoms with Gasteiger partial charge in [-0.05, 0) is 52.2 Å². The van der Waals surface area contributed by atoms with Gasteiger partial charge in [-0.25, -0.2) is 0 Å². The van der Waals surface area contributed by atoms with Gasteiger partial charge in [0.2, 0.25) is 5.91 Å². The fourth-order valence-electron chi connectivity index (χ4n) is 3.49. The Labute approximate surface area is 123 Å². The van der Waals surface area contributed by atoms with Crippen molar-refractivity contribution in [3.63, 3.8) is 0 Å². The summed E-state index contributed by atoms with van der Waals surface area (Å²) in [6, 6.07) is 0.985. The van der Waals surface area contributed by atoms with E-state index in [0.29, 0.717) is 18.6 Å². The van der Waals surface area contributed by atoms with Crippen molar-refractivity contribution in [1.82, 2.24) is 15.5 Å². The third-order valence-electron chi connectivity index (χ3n) is 4.78. The van der Waals surface area contributed by atoms with Crippen LogP contribution in [0.4, 0.5) is 0 Å². The fraction of sp³-hybridized carbons (Fsp3) is 0.938. The molecule has 0 aromatic rings. The lowest BCUT2D eigenvalue weighted by Crippen LogP contribution is -2.44. The number of nitrogens with one attached hydrogen (secondary N) is 2. The van der Waals surface area contributed by atoms with Gasteiger partial charge < -0.3 is 10.6 Å². The Morgan fingerprint density at radius 3 is 2.55 bits per heavy atom. The zero-order valence-corrected chi connectivity index (χ0v) is 13.0. The summed E-state index contributed by atoms with van der Waals surface area (Å²) in [6.07, 6.45) is 11.1. The Kier molecular flexibility index (Phi) is 6.80. The average molecular weight is 281 g/mol. The summed E-state index contributed by atoms with van der Waals surface area (Å²) >= 11 is 0. The number of carbonyl (C=O) groups is 1. The average Bonchev–Trinajstić information content (AvgIpc) is 2.82. The zero-order valence-electron chi connectivity index (χ0n) is 13.0. The van der Waals surface area contributed by atoms with Gasteiger partial charge in [0.1, 0.15) is 0 Å². The summed E-state index contributed by atoms with van der Waals surface area (Å²) in [5.74, 6) is 0.219. The zero-order chi connectivity index (χ0) is 14.2. The molecule has 4 heteroatoms. The predicted octanol–water partition coefficient (Wildman–Crippen LogP) is 1.90. The van der Waals surface area contributed by atoms with Crippen LogP contribution in [0, 0.1) is 0 Å². The van der Waals surface area contributed by atoms with E-state index < -0.39 is 0 Å². The van der Waals surface area contributed by atoms with Crippen molar-refractivity contribution in [2.75, 3.05) is 26.7 Å². The van der Waals surface area contributed by atoms with Crippen LogP contribution >= 0.6 is 0 Å². The first kappa shape index (κ1) is 15.8. The molecule has 1 aliphatic heterocycles.